The molecular formula is C14H17Cl3N2. The van der Waals surface area contributed by atoms with Gasteiger partial charge in [0.25, 0.3) is 0 Å². The fourth-order valence-electron chi connectivity index (χ4n) is 3.26. The monoisotopic (exact) mass is 318 g/mol. The van der Waals surface area contributed by atoms with Crippen molar-refractivity contribution < 1.29 is 0 Å². The number of piperazine rings is 1. The molecule has 2 nitrogen and oxygen atoms in total. The number of hydrogen-bond donors (Lipinski definition) is 0. The molecule has 2 aliphatic heterocycles. The van der Waals surface area contributed by atoms with Crippen LogP contribution in [0, 0.1) is 0 Å². The topological polar surface area (TPSA) is 6.48 Å². The Morgan fingerprint density at radius 3 is 2.58 bits per heavy atom. The molecule has 0 spiro atoms. The highest BCUT2D eigenvalue weighted by molar-refractivity contribution is 6.44. The number of nitrogens with zero attached hydrogens (tertiary/aromatic N) is 2. The molecule has 0 radical (unpaired) electrons. The van der Waals surface area contributed by atoms with Crippen LogP contribution >= 0.6 is 34.8 Å². The molecule has 2 atom stereocenters. The van der Waals surface area contributed by atoms with Gasteiger partial charge in [-0.1, -0.05) is 34.8 Å². The number of benzene rings is 1. The summed E-state index contributed by atoms with van der Waals surface area (Å²) >= 11 is 18.5. The smallest absolute Gasteiger partial charge is 0.0655 e. The number of fused-ring (bicyclic) bond motifs is 1. The van der Waals surface area contributed by atoms with Crippen LogP contribution in [0.1, 0.15) is 19.8 Å². The first-order chi connectivity index (χ1) is 9.06. The molecular weight excluding hydrogens is 303 g/mol. The molecule has 3 rings (SSSR count). The standard InChI is InChI=1S/C14H17Cl3N2/c1-9-7-18-4-2-3-10(18)8-19(9)14-6-12(16)11(15)5-13(14)17/h5-6,9-10H,2-4,7-8H2,1H3. The third-order valence-electron chi connectivity index (χ3n) is 4.24. The second kappa shape index (κ2) is 5.33. The molecule has 2 unspecified atom stereocenters. The van der Waals surface area contributed by atoms with Crippen LogP contribution in [-0.2, 0) is 0 Å². The molecule has 19 heavy (non-hydrogen) atoms. The molecule has 1 aromatic rings. The Hall–Kier alpha value is -0.150. The molecule has 1 aromatic carbocycles. The molecule has 2 heterocycles. The first kappa shape index (κ1) is 13.8. The molecule has 104 valence electrons. The van der Waals surface area contributed by atoms with Gasteiger partial charge < -0.3 is 4.90 Å². The first-order valence-electron chi connectivity index (χ1n) is 6.71. The van der Waals surface area contributed by atoms with Gasteiger partial charge in [-0.3, -0.25) is 4.90 Å². The fraction of sp³-hybridized carbons (Fsp3) is 0.571. The van der Waals surface area contributed by atoms with Crippen molar-refractivity contribution in [3.8, 4) is 0 Å². The Labute approximate surface area is 129 Å². The van der Waals surface area contributed by atoms with Crippen LogP contribution in [0.15, 0.2) is 12.1 Å². The molecule has 5 heteroatoms. The van der Waals surface area contributed by atoms with Crippen molar-refractivity contribution in [1.29, 1.82) is 0 Å². The van der Waals surface area contributed by atoms with Gasteiger partial charge in [0.1, 0.15) is 0 Å². The van der Waals surface area contributed by atoms with E-state index in [4.69, 9.17) is 34.8 Å². The van der Waals surface area contributed by atoms with E-state index in [0.29, 0.717) is 27.2 Å². The van der Waals surface area contributed by atoms with Gasteiger partial charge in [-0.25, -0.2) is 0 Å². The Balaban J connectivity index is 1.91. The van der Waals surface area contributed by atoms with E-state index in [9.17, 15) is 0 Å². The van der Waals surface area contributed by atoms with Crippen LogP contribution in [0.4, 0.5) is 5.69 Å². The summed E-state index contributed by atoms with van der Waals surface area (Å²) < 4.78 is 0. The van der Waals surface area contributed by atoms with Crippen molar-refractivity contribution in [2.75, 3.05) is 24.5 Å². The lowest BCUT2D eigenvalue weighted by Crippen LogP contribution is -2.55. The van der Waals surface area contributed by atoms with E-state index >= 15 is 0 Å². The van der Waals surface area contributed by atoms with Crippen molar-refractivity contribution in [3.63, 3.8) is 0 Å². The highest BCUT2D eigenvalue weighted by Gasteiger charge is 2.35. The van der Waals surface area contributed by atoms with Crippen LogP contribution in [0.2, 0.25) is 15.1 Å². The van der Waals surface area contributed by atoms with E-state index in [1.807, 2.05) is 6.07 Å². The Morgan fingerprint density at radius 1 is 1.05 bits per heavy atom. The van der Waals surface area contributed by atoms with Gasteiger partial charge in [0, 0.05) is 25.2 Å². The molecule has 0 N–H and O–H groups in total. The van der Waals surface area contributed by atoms with Crippen molar-refractivity contribution in [1.82, 2.24) is 4.90 Å². The normalized spacial score (nSPS) is 27.7. The van der Waals surface area contributed by atoms with Crippen LogP contribution in [-0.4, -0.2) is 36.6 Å². The highest BCUT2D eigenvalue weighted by atomic mass is 35.5. The van der Waals surface area contributed by atoms with Gasteiger partial charge >= 0.3 is 0 Å². The molecule has 0 saturated carbocycles. The Morgan fingerprint density at radius 2 is 1.79 bits per heavy atom. The maximum absolute atomic E-state index is 6.34. The number of halogens is 3. The third-order valence-corrected chi connectivity index (χ3v) is 5.26. The maximum Gasteiger partial charge on any atom is 0.0655 e. The molecule has 0 aromatic heterocycles. The minimum absolute atomic E-state index is 0.448. The van der Waals surface area contributed by atoms with E-state index in [2.05, 4.69) is 16.7 Å². The summed E-state index contributed by atoms with van der Waals surface area (Å²) in [5, 5.41) is 1.78. The fourth-order valence-corrected chi connectivity index (χ4v) is 3.90. The minimum atomic E-state index is 0.448. The van der Waals surface area contributed by atoms with Crippen molar-refractivity contribution >= 4 is 40.5 Å². The van der Waals surface area contributed by atoms with E-state index in [0.717, 1.165) is 18.8 Å². The van der Waals surface area contributed by atoms with Gasteiger partial charge in [0.15, 0.2) is 0 Å². The SMILES string of the molecule is CC1CN2CCCC2CN1c1cc(Cl)c(Cl)cc1Cl. The van der Waals surface area contributed by atoms with Gasteiger partial charge in [0.05, 0.1) is 20.8 Å². The van der Waals surface area contributed by atoms with Crippen molar-refractivity contribution in [3.05, 3.63) is 27.2 Å². The van der Waals surface area contributed by atoms with E-state index in [1.54, 1.807) is 6.07 Å². The van der Waals surface area contributed by atoms with Gasteiger partial charge in [-0.2, -0.15) is 0 Å². The first-order valence-corrected chi connectivity index (χ1v) is 7.85. The van der Waals surface area contributed by atoms with Crippen molar-refractivity contribution in [2.45, 2.75) is 31.8 Å². The third kappa shape index (κ3) is 2.56. The molecule has 2 aliphatic rings. The van der Waals surface area contributed by atoms with Crippen LogP contribution in [0.25, 0.3) is 0 Å². The van der Waals surface area contributed by atoms with Crippen LogP contribution in [0.3, 0.4) is 0 Å². The number of rotatable bonds is 1. The molecule has 0 bridgehead atoms. The summed E-state index contributed by atoms with van der Waals surface area (Å²) in [5.41, 5.74) is 1.01. The second-order valence-corrected chi connectivity index (χ2v) is 6.73. The zero-order chi connectivity index (χ0) is 13.6. The molecule has 2 fully saturated rings. The molecule has 2 saturated heterocycles. The van der Waals surface area contributed by atoms with E-state index < -0.39 is 0 Å². The second-order valence-electron chi connectivity index (χ2n) is 5.51. The summed E-state index contributed by atoms with van der Waals surface area (Å²) in [4.78, 5) is 4.96. The largest absolute Gasteiger partial charge is 0.365 e. The number of hydrogen-bond acceptors (Lipinski definition) is 2. The predicted octanol–water partition coefficient (Wildman–Crippen LogP) is 4.32. The number of anilines is 1. The summed E-state index contributed by atoms with van der Waals surface area (Å²) in [7, 11) is 0. The maximum atomic E-state index is 6.34. The summed E-state index contributed by atoms with van der Waals surface area (Å²) in [6, 6.07) is 4.74. The minimum Gasteiger partial charge on any atom is -0.365 e. The summed E-state index contributed by atoms with van der Waals surface area (Å²) in [6.07, 6.45) is 2.59. The molecule has 0 amide bonds. The van der Waals surface area contributed by atoms with Crippen LogP contribution < -0.4 is 4.90 Å². The highest BCUT2D eigenvalue weighted by Crippen LogP contribution is 2.37. The van der Waals surface area contributed by atoms with Crippen LogP contribution in [0.5, 0.6) is 0 Å². The van der Waals surface area contributed by atoms with Gasteiger partial charge in [-0.05, 0) is 38.4 Å². The lowest BCUT2D eigenvalue weighted by molar-refractivity contribution is 0.203. The quantitative estimate of drug-likeness (QED) is 0.711. The zero-order valence-electron chi connectivity index (χ0n) is 10.9. The average Bonchev–Trinajstić information content (AvgIpc) is 2.80. The van der Waals surface area contributed by atoms with Gasteiger partial charge in [0.2, 0.25) is 0 Å². The lowest BCUT2D eigenvalue weighted by Gasteiger charge is -2.44. The average molecular weight is 320 g/mol. The van der Waals surface area contributed by atoms with E-state index in [-0.39, 0.29) is 0 Å². The zero-order valence-corrected chi connectivity index (χ0v) is 13.1. The summed E-state index contributed by atoms with van der Waals surface area (Å²) in [5.74, 6) is 0. The van der Waals surface area contributed by atoms with Gasteiger partial charge in [-0.15, -0.1) is 0 Å². The Bertz CT molecular complexity index is 492. The summed E-state index contributed by atoms with van der Waals surface area (Å²) in [6.45, 7) is 5.60. The van der Waals surface area contributed by atoms with E-state index in [1.165, 1.54) is 19.4 Å². The Kier molecular flexibility index (Phi) is 3.87. The molecule has 0 aliphatic carbocycles. The lowest BCUT2D eigenvalue weighted by atomic mass is 10.1. The van der Waals surface area contributed by atoms with Crippen molar-refractivity contribution in [2.24, 2.45) is 0 Å². The predicted molar refractivity (Wildman–Crippen MR) is 82.9 cm³/mol.